The van der Waals surface area contributed by atoms with Crippen molar-refractivity contribution in [2.45, 2.75) is 17.7 Å². The van der Waals surface area contributed by atoms with Crippen molar-refractivity contribution >= 4 is 37.1 Å². The molecule has 0 heterocycles. The number of hydrogen-bond acceptors (Lipinski definition) is 0. The summed E-state index contributed by atoms with van der Waals surface area (Å²) < 4.78 is 0. The van der Waals surface area contributed by atoms with Crippen LogP contribution in [0.3, 0.4) is 0 Å². The lowest BCUT2D eigenvalue weighted by Gasteiger charge is -2.35. The Bertz CT molecular complexity index is 2200. The third-order valence-electron chi connectivity index (χ3n) is 10.6. The van der Waals surface area contributed by atoms with E-state index in [1.807, 2.05) is 0 Å². The molecule has 9 rings (SSSR count). The molecular formula is C51H40P2. The fourth-order valence-corrected chi connectivity index (χ4v) is 12.9. The Hall–Kier alpha value is -5.38. The predicted octanol–water partition coefficient (Wildman–Crippen LogP) is 11.3. The molecule has 0 aromatic heterocycles. The van der Waals surface area contributed by atoms with Crippen molar-refractivity contribution in [3.05, 3.63) is 252 Å². The number of hydrogen-bond donors (Lipinski definition) is 0. The van der Waals surface area contributed by atoms with Crippen molar-refractivity contribution in [2.24, 2.45) is 0 Å². The number of rotatable bonds is 10. The van der Waals surface area contributed by atoms with Crippen molar-refractivity contribution in [2.75, 3.05) is 0 Å². The van der Waals surface area contributed by atoms with Gasteiger partial charge in [0.2, 0.25) is 0 Å². The molecule has 0 nitrogen and oxygen atoms in total. The highest BCUT2D eigenvalue weighted by Gasteiger charge is 2.46. The molecule has 0 atom stereocenters. The van der Waals surface area contributed by atoms with E-state index in [4.69, 9.17) is 0 Å². The SMILES string of the molecule is c1ccc(P(Cc2cccc(C3(c4cccc(CP(c5ccccc5)c5ccccc5)c4)c4ccccc4-c4ccccc43)c2)c2ccccc2)cc1. The normalized spacial score (nSPS) is 12.8. The molecule has 8 aromatic carbocycles. The van der Waals surface area contributed by atoms with Crippen LogP contribution in [0.1, 0.15) is 33.4 Å². The van der Waals surface area contributed by atoms with E-state index >= 15 is 0 Å². The maximum atomic E-state index is 2.52. The molecule has 1 aliphatic rings. The summed E-state index contributed by atoms with van der Waals surface area (Å²) in [5.41, 5.74) is 10.3. The smallest absolute Gasteiger partial charge is 0.0622 e. The Labute approximate surface area is 316 Å². The van der Waals surface area contributed by atoms with Gasteiger partial charge < -0.3 is 0 Å². The quantitative estimate of drug-likeness (QED) is 0.124. The van der Waals surface area contributed by atoms with Crippen LogP contribution in [0.2, 0.25) is 0 Å². The van der Waals surface area contributed by atoms with Crippen molar-refractivity contribution in [1.82, 2.24) is 0 Å². The minimum atomic E-state index is -0.585. The third kappa shape index (κ3) is 6.38. The van der Waals surface area contributed by atoms with Gasteiger partial charge in [-0.05, 0) is 81.6 Å². The first-order valence-electron chi connectivity index (χ1n) is 18.4. The van der Waals surface area contributed by atoms with E-state index in [9.17, 15) is 0 Å². The highest BCUT2D eigenvalue weighted by atomic mass is 31.1. The molecule has 254 valence electrons. The highest BCUT2D eigenvalue weighted by molar-refractivity contribution is 7.72. The zero-order valence-electron chi connectivity index (χ0n) is 29.6. The molecule has 0 saturated carbocycles. The molecule has 0 bridgehead atoms. The van der Waals surface area contributed by atoms with Gasteiger partial charge in [-0.3, -0.25) is 0 Å². The lowest BCUT2D eigenvalue weighted by atomic mass is 9.67. The van der Waals surface area contributed by atoms with Crippen molar-refractivity contribution < 1.29 is 0 Å². The van der Waals surface area contributed by atoms with Crippen LogP contribution in [0, 0.1) is 0 Å². The van der Waals surface area contributed by atoms with Crippen LogP contribution in [0.15, 0.2) is 218 Å². The summed E-state index contributed by atoms with van der Waals surface area (Å²) in [6.45, 7) is 0. The third-order valence-corrected chi connectivity index (χ3v) is 15.7. The maximum Gasteiger partial charge on any atom is 0.0713 e. The van der Waals surface area contributed by atoms with Crippen molar-refractivity contribution in [3.63, 3.8) is 0 Å². The summed E-state index contributed by atoms with van der Waals surface area (Å²) in [7, 11) is -1.17. The largest absolute Gasteiger partial charge is 0.0713 e. The second kappa shape index (κ2) is 14.9. The minimum Gasteiger partial charge on any atom is -0.0622 e. The fraction of sp³-hybridized carbons (Fsp3) is 0.0588. The molecule has 0 radical (unpaired) electrons. The first-order chi connectivity index (χ1) is 26.3. The highest BCUT2D eigenvalue weighted by Crippen LogP contribution is 2.56. The van der Waals surface area contributed by atoms with E-state index in [1.54, 1.807) is 0 Å². The van der Waals surface area contributed by atoms with Gasteiger partial charge in [0.1, 0.15) is 0 Å². The number of benzene rings is 8. The summed E-state index contributed by atoms with van der Waals surface area (Å²) >= 11 is 0. The molecule has 0 saturated heterocycles. The fourth-order valence-electron chi connectivity index (χ4n) is 8.29. The lowest BCUT2D eigenvalue weighted by molar-refractivity contribution is 0.766. The van der Waals surface area contributed by atoms with E-state index in [1.165, 1.54) is 65.7 Å². The zero-order chi connectivity index (χ0) is 35.5. The second-order valence-corrected chi connectivity index (χ2v) is 18.2. The van der Waals surface area contributed by atoms with E-state index in [0.717, 1.165) is 12.3 Å². The first-order valence-corrected chi connectivity index (χ1v) is 21.5. The van der Waals surface area contributed by atoms with Gasteiger partial charge in [-0.15, -0.1) is 0 Å². The second-order valence-electron chi connectivity index (χ2n) is 13.8. The molecule has 53 heavy (non-hydrogen) atoms. The maximum absolute atomic E-state index is 2.52. The van der Waals surface area contributed by atoms with Crippen LogP contribution < -0.4 is 21.2 Å². The van der Waals surface area contributed by atoms with E-state index < -0.39 is 21.3 Å². The van der Waals surface area contributed by atoms with Crippen molar-refractivity contribution in [3.8, 4) is 11.1 Å². The Kier molecular flexibility index (Phi) is 9.42. The molecule has 0 fully saturated rings. The minimum absolute atomic E-state index is 0.455. The molecule has 8 aromatic rings. The zero-order valence-corrected chi connectivity index (χ0v) is 31.4. The van der Waals surface area contributed by atoms with Gasteiger partial charge >= 0.3 is 0 Å². The van der Waals surface area contributed by atoms with Gasteiger partial charge in [0.15, 0.2) is 0 Å². The van der Waals surface area contributed by atoms with Crippen LogP contribution in [-0.2, 0) is 17.7 Å². The standard InChI is InChI=1S/C51H40P2/c1-5-23-43(24-6-1)52(44-25-7-2-8-26-44)37-39-19-17-21-41(35-39)51(49-33-15-13-31-47(49)48-32-14-16-34-50(48)51)42-22-18-20-40(36-42)38-53(45-27-9-3-10-28-45)46-29-11-4-12-30-46/h1-36H,37-38H2. The van der Waals surface area contributed by atoms with Crippen molar-refractivity contribution in [1.29, 1.82) is 0 Å². The van der Waals surface area contributed by atoms with Crippen LogP contribution in [0.25, 0.3) is 11.1 Å². The van der Waals surface area contributed by atoms with Gasteiger partial charge in [0.05, 0.1) is 5.41 Å². The van der Waals surface area contributed by atoms with Gasteiger partial charge in [-0.25, -0.2) is 0 Å². The molecule has 0 N–H and O–H groups in total. The monoisotopic (exact) mass is 714 g/mol. The van der Waals surface area contributed by atoms with E-state index in [-0.39, 0.29) is 0 Å². The molecule has 1 aliphatic carbocycles. The Morgan fingerprint density at radius 1 is 0.302 bits per heavy atom. The lowest BCUT2D eigenvalue weighted by Crippen LogP contribution is -2.29. The van der Waals surface area contributed by atoms with Crippen LogP contribution in [0.5, 0.6) is 0 Å². The average molecular weight is 715 g/mol. The first kappa shape index (κ1) is 33.5. The number of fused-ring (bicyclic) bond motifs is 3. The topological polar surface area (TPSA) is 0 Å². The van der Waals surface area contributed by atoms with Crippen LogP contribution in [0.4, 0.5) is 0 Å². The Morgan fingerprint density at radius 2 is 0.623 bits per heavy atom. The molecular weight excluding hydrogens is 675 g/mol. The average Bonchev–Trinajstić information content (AvgIpc) is 3.55. The van der Waals surface area contributed by atoms with Gasteiger partial charge in [-0.1, -0.05) is 218 Å². The predicted molar refractivity (Wildman–Crippen MR) is 229 cm³/mol. The van der Waals surface area contributed by atoms with Crippen LogP contribution in [-0.4, -0.2) is 0 Å². The van der Waals surface area contributed by atoms with Crippen LogP contribution >= 0.6 is 15.8 Å². The summed E-state index contributed by atoms with van der Waals surface area (Å²) in [6.07, 6.45) is 1.96. The summed E-state index contributed by atoms with van der Waals surface area (Å²) in [5.74, 6) is 0. The van der Waals surface area contributed by atoms with Gasteiger partial charge in [0.25, 0.3) is 0 Å². The Morgan fingerprint density at radius 3 is 0.981 bits per heavy atom. The summed E-state index contributed by atoms with van der Waals surface area (Å²) in [6, 6.07) is 81.7. The van der Waals surface area contributed by atoms with E-state index in [2.05, 4.69) is 218 Å². The molecule has 0 amide bonds. The summed E-state index contributed by atoms with van der Waals surface area (Å²) in [5, 5.41) is 5.63. The van der Waals surface area contributed by atoms with Gasteiger partial charge in [-0.2, -0.15) is 0 Å². The molecule has 0 aliphatic heterocycles. The molecule has 0 unspecified atom stereocenters. The van der Waals surface area contributed by atoms with E-state index in [0.29, 0.717) is 0 Å². The molecule has 2 heteroatoms. The Balaban J connectivity index is 1.20. The molecule has 0 spiro atoms. The van der Waals surface area contributed by atoms with Gasteiger partial charge in [0, 0.05) is 12.3 Å². The summed E-state index contributed by atoms with van der Waals surface area (Å²) in [4.78, 5) is 0.